The van der Waals surface area contributed by atoms with Gasteiger partial charge in [0.15, 0.2) is 5.65 Å². The highest BCUT2D eigenvalue weighted by atomic mass is 16.2. The first-order valence-electron chi connectivity index (χ1n) is 8.18. The number of hydrogen-bond acceptors (Lipinski definition) is 3. The van der Waals surface area contributed by atoms with Gasteiger partial charge in [-0.05, 0) is 36.0 Å². The number of nitrogens with one attached hydrogen (secondary N) is 3. The van der Waals surface area contributed by atoms with E-state index < -0.39 is 0 Å². The third kappa shape index (κ3) is 2.95. The molecule has 6 nitrogen and oxygen atoms in total. The van der Waals surface area contributed by atoms with E-state index in [1.807, 2.05) is 42.7 Å². The molecular formula is C18H19N5O. The monoisotopic (exact) mass is 321 g/mol. The predicted molar refractivity (Wildman–Crippen MR) is 91.5 cm³/mol. The largest absolute Gasteiger partial charge is 0.335 e. The number of H-pyrrole nitrogens is 1. The number of pyridine rings is 1. The van der Waals surface area contributed by atoms with E-state index in [9.17, 15) is 4.79 Å². The second-order valence-electron chi connectivity index (χ2n) is 6.15. The van der Waals surface area contributed by atoms with Crippen molar-refractivity contribution < 1.29 is 4.79 Å². The topological polar surface area (TPSA) is 82.7 Å². The Kier molecular flexibility index (Phi) is 3.86. The molecule has 0 bridgehead atoms. The van der Waals surface area contributed by atoms with Gasteiger partial charge in [0.05, 0.1) is 6.20 Å². The summed E-state index contributed by atoms with van der Waals surface area (Å²) in [4.78, 5) is 16.5. The molecule has 24 heavy (non-hydrogen) atoms. The molecule has 1 aromatic carbocycles. The number of hydrogen-bond donors (Lipinski definition) is 3. The predicted octanol–water partition coefficient (Wildman–Crippen LogP) is 2.31. The molecule has 0 spiro atoms. The van der Waals surface area contributed by atoms with Crippen LogP contribution >= 0.6 is 0 Å². The molecule has 0 fully saturated rings. The van der Waals surface area contributed by atoms with Crippen molar-refractivity contribution in [1.82, 2.24) is 25.8 Å². The number of urea groups is 1. The van der Waals surface area contributed by atoms with E-state index in [2.05, 4.69) is 25.8 Å². The van der Waals surface area contributed by atoms with Crippen LogP contribution in [-0.2, 0) is 19.4 Å². The van der Waals surface area contributed by atoms with Gasteiger partial charge in [-0.2, -0.15) is 5.10 Å². The second-order valence-corrected chi connectivity index (χ2v) is 6.15. The van der Waals surface area contributed by atoms with Crippen LogP contribution < -0.4 is 10.6 Å². The minimum Gasteiger partial charge on any atom is -0.335 e. The minimum atomic E-state index is -0.121. The third-order valence-electron chi connectivity index (χ3n) is 4.52. The minimum absolute atomic E-state index is 0.121. The number of aryl methyl sites for hydroxylation is 1. The zero-order valence-electron chi connectivity index (χ0n) is 13.2. The highest BCUT2D eigenvalue weighted by Crippen LogP contribution is 2.26. The van der Waals surface area contributed by atoms with Gasteiger partial charge in [0.25, 0.3) is 0 Å². The third-order valence-corrected chi connectivity index (χ3v) is 4.52. The van der Waals surface area contributed by atoms with Gasteiger partial charge >= 0.3 is 6.03 Å². The van der Waals surface area contributed by atoms with Crippen molar-refractivity contribution >= 4 is 17.1 Å². The molecule has 0 aliphatic heterocycles. The number of aromatic nitrogens is 3. The Morgan fingerprint density at radius 3 is 3.00 bits per heavy atom. The zero-order chi connectivity index (χ0) is 16.4. The molecule has 3 N–H and O–H groups in total. The van der Waals surface area contributed by atoms with Crippen molar-refractivity contribution in [3.8, 4) is 0 Å². The summed E-state index contributed by atoms with van der Waals surface area (Å²) in [6.45, 7) is 0.535. The molecule has 3 aromatic rings. The highest BCUT2D eigenvalue weighted by Gasteiger charge is 2.22. The van der Waals surface area contributed by atoms with E-state index >= 15 is 0 Å². The molecule has 4 rings (SSSR count). The molecule has 1 unspecified atom stereocenters. The number of carbonyl (C=O) groups excluding carboxylic acids is 1. The Morgan fingerprint density at radius 2 is 2.12 bits per heavy atom. The lowest BCUT2D eigenvalue weighted by molar-refractivity contribution is 0.235. The maximum Gasteiger partial charge on any atom is 0.315 e. The Morgan fingerprint density at radius 1 is 1.25 bits per heavy atom. The van der Waals surface area contributed by atoms with Crippen LogP contribution in [0.4, 0.5) is 4.79 Å². The lowest BCUT2D eigenvalue weighted by Gasteiger charge is -2.25. The molecule has 122 valence electrons. The van der Waals surface area contributed by atoms with Gasteiger partial charge in [0.2, 0.25) is 0 Å². The van der Waals surface area contributed by atoms with E-state index in [1.54, 1.807) is 0 Å². The smallest absolute Gasteiger partial charge is 0.315 e. The number of benzene rings is 1. The first kappa shape index (κ1) is 14.7. The van der Waals surface area contributed by atoms with E-state index in [0.717, 1.165) is 35.9 Å². The number of aromatic amines is 1. The summed E-state index contributed by atoms with van der Waals surface area (Å²) in [7, 11) is 0. The van der Waals surface area contributed by atoms with Crippen LogP contribution in [0.2, 0.25) is 0 Å². The van der Waals surface area contributed by atoms with Gasteiger partial charge in [0.1, 0.15) is 0 Å². The van der Waals surface area contributed by atoms with E-state index in [-0.39, 0.29) is 12.1 Å². The van der Waals surface area contributed by atoms with Crippen LogP contribution in [0, 0.1) is 0 Å². The molecule has 2 amide bonds. The van der Waals surface area contributed by atoms with Crippen molar-refractivity contribution in [3.63, 3.8) is 0 Å². The molecule has 0 saturated carbocycles. The number of carbonyl (C=O) groups is 1. The first-order valence-corrected chi connectivity index (χ1v) is 8.18. The average Bonchev–Trinajstić information content (AvgIpc) is 3.10. The van der Waals surface area contributed by atoms with Crippen LogP contribution in [0.3, 0.4) is 0 Å². The zero-order valence-corrected chi connectivity index (χ0v) is 13.2. The Balaban J connectivity index is 1.37. The fraction of sp³-hybridized carbons (Fsp3) is 0.278. The van der Waals surface area contributed by atoms with Crippen LogP contribution in [0.1, 0.15) is 23.1 Å². The van der Waals surface area contributed by atoms with Crippen molar-refractivity contribution in [3.05, 3.63) is 59.4 Å². The first-order chi connectivity index (χ1) is 11.8. The molecule has 0 radical (unpaired) electrons. The van der Waals surface area contributed by atoms with Crippen LogP contribution in [-0.4, -0.2) is 27.3 Å². The standard InChI is InChI=1S/C18H19N5O/c24-18(20-9-12-4-2-1-3-5-12)22-14-6-7-15-13(8-14)10-19-17-16(15)11-21-23-17/h1-5,10-11,14H,6-9H2,(H,19,21,23)(H2,20,22,24). The Labute approximate surface area is 139 Å². The summed E-state index contributed by atoms with van der Waals surface area (Å²) >= 11 is 0. The van der Waals surface area contributed by atoms with E-state index in [1.165, 1.54) is 11.1 Å². The van der Waals surface area contributed by atoms with Crippen molar-refractivity contribution in [1.29, 1.82) is 0 Å². The van der Waals surface area contributed by atoms with Crippen LogP contribution in [0.25, 0.3) is 11.0 Å². The van der Waals surface area contributed by atoms with Gasteiger partial charge in [-0.15, -0.1) is 0 Å². The number of fused-ring (bicyclic) bond motifs is 3. The molecule has 0 saturated heterocycles. The summed E-state index contributed by atoms with van der Waals surface area (Å²) in [5.41, 5.74) is 4.42. The second kappa shape index (κ2) is 6.31. The van der Waals surface area contributed by atoms with E-state index in [4.69, 9.17) is 0 Å². The SMILES string of the molecule is O=C(NCc1ccccc1)NC1CCc2c(cnc3[nH]ncc23)C1. The van der Waals surface area contributed by atoms with Gasteiger partial charge in [-0.1, -0.05) is 30.3 Å². The maximum atomic E-state index is 12.1. The van der Waals surface area contributed by atoms with E-state index in [0.29, 0.717) is 6.54 Å². The summed E-state index contributed by atoms with van der Waals surface area (Å²) in [5, 5.41) is 14.0. The van der Waals surface area contributed by atoms with Crippen molar-refractivity contribution in [2.75, 3.05) is 0 Å². The average molecular weight is 321 g/mol. The summed E-state index contributed by atoms with van der Waals surface area (Å²) in [6, 6.07) is 9.92. The van der Waals surface area contributed by atoms with Gasteiger partial charge < -0.3 is 10.6 Å². The summed E-state index contributed by atoms with van der Waals surface area (Å²) in [5.74, 6) is 0. The molecule has 2 heterocycles. The molecule has 1 aliphatic rings. The molecule has 1 atom stereocenters. The maximum absolute atomic E-state index is 12.1. The summed E-state index contributed by atoms with van der Waals surface area (Å²) in [6.07, 6.45) is 6.39. The molecular weight excluding hydrogens is 302 g/mol. The van der Waals surface area contributed by atoms with Gasteiger partial charge in [-0.25, -0.2) is 9.78 Å². The van der Waals surface area contributed by atoms with Gasteiger partial charge in [0, 0.05) is 24.2 Å². The van der Waals surface area contributed by atoms with Crippen molar-refractivity contribution in [2.45, 2.75) is 31.8 Å². The molecule has 2 aromatic heterocycles. The lowest BCUT2D eigenvalue weighted by atomic mass is 9.88. The number of amides is 2. The number of nitrogens with zero attached hydrogens (tertiary/aromatic N) is 2. The van der Waals surface area contributed by atoms with Crippen LogP contribution in [0.5, 0.6) is 0 Å². The highest BCUT2D eigenvalue weighted by molar-refractivity contribution is 5.79. The Hall–Kier alpha value is -2.89. The fourth-order valence-electron chi connectivity index (χ4n) is 3.29. The fourth-order valence-corrected chi connectivity index (χ4v) is 3.29. The lowest BCUT2D eigenvalue weighted by Crippen LogP contribution is -2.44. The molecule has 6 heteroatoms. The summed E-state index contributed by atoms with van der Waals surface area (Å²) < 4.78 is 0. The Bertz CT molecular complexity index is 858. The number of rotatable bonds is 3. The van der Waals surface area contributed by atoms with Crippen LogP contribution in [0.15, 0.2) is 42.7 Å². The molecule has 1 aliphatic carbocycles. The quantitative estimate of drug-likeness (QED) is 0.692. The van der Waals surface area contributed by atoms with Crippen molar-refractivity contribution in [2.24, 2.45) is 0 Å². The van der Waals surface area contributed by atoms with Gasteiger partial charge in [-0.3, -0.25) is 5.10 Å². The normalized spacial score (nSPS) is 16.6.